The molecule has 19 heavy (non-hydrogen) atoms. The van der Waals surface area contributed by atoms with Crippen molar-refractivity contribution in [2.24, 2.45) is 0 Å². The van der Waals surface area contributed by atoms with Crippen LogP contribution in [0.4, 0.5) is 5.00 Å². The quantitative estimate of drug-likeness (QED) is 0.922. The van der Waals surface area contributed by atoms with Crippen molar-refractivity contribution in [3.63, 3.8) is 0 Å². The van der Waals surface area contributed by atoms with Crippen LogP contribution in [0.1, 0.15) is 54.1 Å². The van der Waals surface area contributed by atoms with Crippen LogP contribution in [0.15, 0.2) is 5.38 Å². The second-order valence-electron chi connectivity index (χ2n) is 5.08. The number of anilines is 1. The minimum Gasteiger partial charge on any atom is -0.316 e. The first-order valence-corrected chi connectivity index (χ1v) is 7.93. The molecule has 2 aromatic heterocycles. The smallest absolute Gasteiger partial charge is 0.226 e. The van der Waals surface area contributed by atoms with Gasteiger partial charge in [0.2, 0.25) is 5.91 Å². The SMILES string of the molecule is Cc1nsc2c1C(c1nc(C(C)C)cs1)CC(=O)N2. The van der Waals surface area contributed by atoms with Crippen molar-refractivity contribution in [1.29, 1.82) is 0 Å². The number of hydrogen-bond acceptors (Lipinski definition) is 5. The zero-order valence-corrected chi connectivity index (χ0v) is 12.7. The van der Waals surface area contributed by atoms with E-state index in [0.717, 1.165) is 27.0 Å². The molecule has 1 amide bonds. The lowest BCUT2D eigenvalue weighted by atomic mass is 9.93. The second kappa shape index (κ2) is 4.68. The van der Waals surface area contributed by atoms with Gasteiger partial charge in [0, 0.05) is 23.3 Å². The molecular formula is C13H15N3OS2. The monoisotopic (exact) mass is 293 g/mol. The molecule has 100 valence electrons. The van der Waals surface area contributed by atoms with Crippen molar-refractivity contribution in [3.8, 4) is 0 Å². The summed E-state index contributed by atoms with van der Waals surface area (Å²) >= 11 is 3.01. The Balaban J connectivity index is 2.04. The first kappa shape index (κ1) is 12.7. The van der Waals surface area contributed by atoms with Gasteiger partial charge in [-0.05, 0) is 24.4 Å². The van der Waals surface area contributed by atoms with Crippen LogP contribution >= 0.6 is 22.9 Å². The van der Waals surface area contributed by atoms with E-state index in [1.807, 2.05) is 6.92 Å². The average Bonchev–Trinajstić information content (AvgIpc) is 2.96. The molecule has 0 saturated heterocycles. The van der Waals surface area contributed by atoms with Gasteiger partial charge in [0.05, 0.1) is 11.4 Å². The molecular weight excluding hydrogens is 278 g/mol. The fourth-order valence-electron chi connectivity index (χ4n) is 2.28. The third-order valence-corrected chi connectivity index (χ3v) is 5.17. The number of rotatable bonds is 2. The Bertz CT molecular complexity index is 630. The van der Waals surface area contributed by atoms with Crippen LogP contribution in [0.25, 0.3) is 0 Å². The van der Waals surface area contributed by atoms with E-state index >= 15 is 0 Å². The third kappa shape index (κ3) is 2.19. The van der Waals surface area contributed by atoms with E-state index in [0.29, 0.717) is 12.3 Å². The van der Waals surface area contributed by atoms with Crippen LogP contribution in [0.5, 0.6) is 0 Å². The Hall–Kier alpha value is -1.27. The van der Waals surface area contributed by atoms with Gasteiger partial charge in [-0.2, -0.15) is 4.37 Å². The van der Waals surface area contributed by atoms with Crippen molar-refractivity contribution >= 4 is 33.8 Å². The molecule has 3 heterocycles. The number of hydrogen-bond donors (Lipinski definition) is 1. The Kier molecular flexibility index (Phi) is 3.14. The van der Waals surface area contributed by atoms with Crippen molar-refractivity contribution in [2.75, 3.05) is 5.32 Å². The van der Waals surface area contributed by atoms with E-state index in [4.69, 9.17) is 4.98 Å². The molecule has 4 nitrogen and oxygen atoms in total. The molecule has 3 rings (SSSR count). The minimum absolute atomic E-state index is 0.0578. The van der Waals surface area contributed by atoms with Crippen molar-refractivity contribution in [1.82, 2.24) is 9.36 Å². The predicted octanol–water partition coefficient (Wildman–Crippen LogP) is 3.51. The summed E-state index contributed by atoms with van der Waals surface area (Å²) in [6.45, 7) is 6.27. The highest BCUT2D eigenvalue weighted by Crippen LogP contribution is 2.42. The summed E-state index contributed by atoms with van der Waals surface area (Å²) in [7, 11) is 0. The fraction of sp³-hybridized carbons (Fsp3) is 0.462. The maximum atomic E-state index is 11.8. The predicted molar refractivity (Wildman–Crippen MR) is 78.1 cm³/mol. The van der Waals surface area contributed by atoms with Gasteiger partial charge in [-0.15, -0.1) is 11.3 Å². The Morgan fingerprint density at radius 1 is 1.47 bits per heavy atom. The molecule has 1 N–H and O–H groups in total. The Morgan fingerprint density at radius 3 is 2.95 bits per heavy atom. The molecule has 6 heteroatoms. The molecule has 0 fully saturated rings. The molecule has 1 unspecified atom stereocenters. The molecule has 0 aliphatic carbocycles. The van der Waals surface area contributed by atoms with Crippen molar-refractivity contribution < 1.29 is 4.79 Å². The highest BCUT2D eigenvalue weighted by Gasteiger charge is 2.32. The van der Waals surface area contributed by atoms with Crippen LogP contribution in [0.2, 0.25) is 0 Å². The largest absolute Gasteiger partial charge is 0.316 e. The molecule has 0 bridgehead atoms. The van der Waals surface area contributed by atoms with Crippen LogP contribution in [-0.2, 0) is 4.79 Å². The van der Waals surface area contributed by atoms with E-state index in [2.05, 4.69) is 28.9 Å². The fourth-order valence-corrected chi connectivity index (χ4v) is 4.24. The molecule has 1 atom stereocenters. The summed E-state index contributed by atoms with van der Waals surface area (Å²) in [4.78, 5) is 16.5. The summed E-state index contributed by atoms with van der Waals surface area (Å²) in [5.41, 5.74) is 3.26. The first-order chi connectivity index (χ1) is 9.06. The first-order valence-electron chi connectivity index (χ1n) is 6.27. The van der Waals surface area contributed by atoms with Gasteiger partial charge >= 0.3 is 0 Å². The number of fused-ring (bicyclic) bond motifs is 1. The summed E-state index contributed by atoms with van der Waals surface area (Å²) in [6.07, 6.45) is 0.470. The molecule has 1 aliphatic heterocycles. The van der Waals surface area contributed by atoms with Crippen molar-refractivity contribution in [2.45, 2.75) is 39.0 Å². The van der Waals surface area contributed by atoms with Gasteiger partial charge in [0.25, 0.3) is 0 Å². The minimum atomic E-state index is 0.0578. The zero-order valence-electron chi connectivity index (χ0n) is 11.1. The number of nitrogens with zero attached hydrogens (tertiary/aromatic N) is 2. The topological polar surface area (TPSA) is 54.9 Å². The highest BCUT2D eigenvalue weighted by molar-refractivity contribution is 7.11. The Labute approximate surface area is 120 Å². The molecule has 0 spiro atoms. The van der Waals surface area contributed by atoms with Gasteiger partial charge < -0.3 is 5.32 Å². The summed E-state index contributed by atoms with van der Waals surface area (Å²) < 4.78 is 4.35. The standard InChI is InChI=1S/C13H15N3OS2/c1-6(2)9-5-18-12(14-9)8-4-10(17)15-13-11(8)7(3)16-19-13/h5-6,8H,4H2,1-3H3,(H,15,17). The lowest BCUT2D eigenvalue weighted by Crippen LogP contribution is -2.22. The third-order valence-electron chi connectivity index (χ3n) is 3.33. The van der Waals surface area contributed by atoms with E-state index < -0.39 is 0 Å². The van der Waals surface area contributed by atoms with E-state index in [9.17, 15) is 4.79 Å². The number of nitrogens with one attached hydrogen (secondary N) is 1. The highest BCUT2D eigenvalue weighted by atomic mass is 32.1. The van der Waals surface area contributed by atoms with Gasteiger partial charge in [0.1, 0.15) is 10.0 Å². The van der Waals surface area contributed by atoms with Crippen LogP contribution in [-0.4, -0.2) is 15.3 Å². The van der Waals surface area contributed by atoms with E-state index in [1.54, 1.807) is 11.3 Å². The zero-order chi connectivity index (χ0) is 13.6. The van der Waals surface area contributed by atoms with Gasteiger partial charge in [-0.1, -0.05) is 13.8 Å². The van der Waals surface area contributed by atoms with E-state index in [-0.39, 0.29) is 11.8 Å². The number of carbonyl (C=O) groups excluding carboxylic acids is 1. The van der Waals surface area contributed by atoms with Crippen LogP contribution < -0.4 is 5.32 Å². The molecule has 2 aromatic rings. The number of thiazole rings is 1. The van der Waals surface area contributed by atoms with Crippen LogP contribution in [0.3, 0.4) is 0 Å². The average molecular weight is 293 g/mol. The molecule has 0 saturated carbocycles. The summed E-state index contributed by atoms with van der Waals surface area (Å²) in [5.74, 6) is 0.547. The lowest BCUT2D eigenvalue weighted by Gasteiger charge is -2.20. The number of amides is 1. The van der Waals surface area contributed by atoms with E-state index in [1.165, 1.54) is 11.5 Å². The Morgan fingerprint density at radius 2 is 2.26 bits per heavy atom. The van der Waals surface area contributed by atoms with Crippen molar-refractivity contribution in [3.05, 3.63) is 27.3 Å². The molecule has 0 aromatic carbocycles. The van der Waals surface area contributed by atoms with Gasteiger partial charge in [0.15, 0.2) is 0 Å². The van der Waals surface area contributed by atoms with Crippen LogP contribution in [0, 0.1) is 6.92 Å². The summed E-state index contributed by atoms with van der Waals surface area (Å²) in [5, 5.41) is 6.92. The summed E-state index contributed by atoms with van der Waals surface area (Å²) in [6, 6.07) is 0. The normalized spacial score (nSPS) is 18.5. The molecule has 1 aliphatic rings. The number of aryl methyl sites for hydroxylation is 1. The maximum Gasteiger partial charge on any atom is 0.226 e. The van der Waals surface area contributed by atoms with Gasteiger partial charge in [-0.3, -0.25) is 4.79 Å². The molecule has 0 radical (unpaired) electrons. The number of aromatic nitrogens is 2. The second-order valence-corrected chi connectivity index (χ2v) is 6.74. The maximum absolute atomic E-state index is 11.8. The lowest BCUT2D eigenvalue weighted by molar-refractivity contribution is -0.116. The number of carbonyl (C=O) groups is 1. The van der Waals surface area contributed by atoms with Gasteiger partial charge in [-0.25, -0.2) is 4.98 Å².